The minimum atomic E-state index is -0.692. The maximum atomic E-state index is 12.7. The van der Waals surface area contributed by atoms with Crippen molar-refractivity contribution in [1.82, 2.24) is 30.3 Å². The fraction of sp³-hybridized carbons (Fsp3) is 0.364. The van der Waals surface area contributed by atoms with Gasteiger partial charge in [-0.3, -0.25) is 19.6 Å². The molecule has 0 unspecified atom stereocenters. The van der Waals surface area contributed by atoms with Crippen LogP contribution in [0.3, 0.4) is 0 Å². The van der Waals surface area contributed by atoms with Crippen LogP contribution in [-0.2, 0) is 4.79 Å². The van der Waals surface area contributed by atoms with Crippen molar-refractivity contribution >= 4 is 11.9 Å². The highest BCUT2D eigenvalue weighted by atomic mass is 16.4. The number of nitrogens with zero attached hydrogens (tertiary/aromatic N) is 5. The standard InChI is InChI=1S/C22H24N6O3/c29-20(25-12-4-2-8-22(21(30)31)9-5-10-22)16-7-13-23-14-19(16)28-15-18(26-27-28)17-6-1-3-11-24-17/h1,3,6-7,11,13-15H,2,4-5,8-10,12H2,(H,25,29)(H,30,31). The van der Waals surface area contributed by atoms with Crippen molar-refractivity contribution in [3.63, 3.8) is 0 Å². The number of unbranched alkanes of at least 4 members (excludes halogenated alkanes) is 1. The molecule has 1 amide bonds. The van der Waals surface area contributed by atoms with Crippen molar-refractivity contribution in [3.8, 4) is 17.1 Å². The van der Waals surface area contributed by atoms with E-state index in [1.807, 2.05) is 18.2 Å². The lowest BCUT2D eigenvalue weighted by atomic mass is 9.66. The van der Waals surface area contributed by atoms with Crippen molar-refractivity contribution in [2.45, 2.75) is 38.5 Å². The molecule has 0 aliphatic heterocycles. The lowest BCUT2D eigenvalue weighted by molar-refractivity contribution is -0.155. The highest BCUT2D eigenvalue weighted by Crippen LogP contribution is 2.45. The smallest absolute Gasteiger partial charge is 0.309 e. The molecule has 1 fully saturated rings. The zero-order chi connectivity index (χ0) is 21.7. The first-order valence-electron chi connectivity index (χ1n) is 10.4. The van der Waals surface area contributed by atoms with E-state index in [2.05, 4.69) is 25.6 Å². The summed E-state index contributed by atoms with van der Waals surface area (Å²) in [5.74, 6) is -0.925. The summed E-state index contributed by atoms with van der Waals surface area (Å²) >= 11 is 0. The minimum absolute atomic E-state index is 0.233. The fourth-order valence-corrected chi connectivity index (χ4v) is 3.83. The van der Waals surface area contributed by atoms with Gasteiger partial charge < -0.3 is 10.4 Å². The highest BCUT2D eigenvalue weighted by Gasteiger charge is 2.43. The van der Waals surface area contributed by atoms with E-state index in [9.17, 15) is 14.7 Å². The molecule has 1 saturated carbocycles. The summed E-state index contributed by atoms with van der Waals surface area (Å²) in [6.45, 7) is 0.479. The van der Waals surface area contributed by atoms with Crippen LogP contribution in [-0.4, -0.2) is 48.5 Å². The normalized spacial score (nSPS) is 14.6. The predicted octanol–water partition coefficient (Wildman–Crippen LogP) is 2.88. The number of nitrogens with one attached hydrogen (secondary N) is 1. The Labute approximate surface area is 179 Å². The van der Waals surface area contributed by atoms with Gasteiger partial charge in [-0.25, -0.2) is 4.68 Å². The molecule has 0 aromatic carbocycles. The summed E-state index contributed by atoms with van der Waals surface area (Å²) in [5.41, 5.74) is 1.71. The van der Waals surface area contributed by atoms with Crippen molar-refractivity contribution in [3.05, 3.63) is 54.6 Å². The van der Waals surface area contributed by atoms with Crippen molar-refractivity contribution in [1.29, 1.82) is 0 Å². The molecule has 4 rings (SSSR count). The zero-order valence-corrected chi connectivity index (χ0v) is 17.1. The molecule has 1 aliphatic rings. The maximum absolute atomic E-state index is 12.7. The van der Waals surface area contributed by atoms with Gasteiger partial charge in [0.05, 0.1) is 34.8 Å². The summed E-state index contributed by atoms with van der Waals surface area (Å²) in [5, 5.41) is 20.6. The van der Waals surface area contributed by atoms with Crippen LogP contribution in [0.5, 0.6) is 0 Å². The number of carboxylic acids is 1. The highest BCUT2D eigenvalue weighted by molar-refractivity contribution is 5.97. The molecule has 0 bridgehead atoms. The number of aromatic nitrogens is 5. The van der Waals surface area contributed by atoms with Crippen LogP contribution in [0.25, 0.3) is 17.1 Å². The largest absolute Gasteiger partial charge is 0.481 e. The number of carbonyl (C=O) groups is 2. The Balaban J connectivity index is 1.37. The van der Waals surface area contributed by atoms with Crippen LogP contribution < -0.4 is 5.32 Å². The number of aliphatic carboxylic acids is 1. The molecule has 160 valence electrons. The lowest BCUT2D eigenvalue weighted by Crippen LogP contribution is -2.38. The SMILES string of the molecule is O=C(NCCCCC1(C(=O)O)CCC1)c1ccncc1-n1cc(-c2ccccn2)nn1. The molecule has 31 heavy (non-hydrogen) atoms. The van der Waals surface area contributed by atoms with Gasteiger partial charge in [-0.15, -0.1) is 5.10 Å². The quantitative estimate of drug-likeness (QED) is 0.510. The number of amides is 1. The maximum Gasteiger partial charge on any atom is 0.309 e. The second kappa shape index (κ2) is 9.03. The Bertz CT molecular complexity index is 1060. The van der Waals surface area contributed by atoms with E-state index in [0.717, 1.165) is 32.1 Å². The molecule has 0 atom stereocenters. The first-order valence-corrected chi connectivity index (χ1v) is 10.4. The third-order valence-corrected chi connectivity index (χ3v) is 5.84. The second-order valence-electron chi connectivity index (χ2n) is 7.81. The summed E-state index contributed by atoms with van der Waals surface area (Å²) < 4.78 is 1.51. The first kappa shape index (κ1) is 20.6. The number of pyridine rings is 2. The van der Waals surface area contributed by atoms with Crippen LogP contribution in [0, 0.1) is 5.41 Å². The van der Waals surface area contributed by atoms with E-state index in [-0.39, 0.29) is 5.91 Å². The molecule has 0 saturated heterocycles. The fourth-order valence-electron chi connectivity index (χ4n) is 3.83. The van der Waals surface area contributed by atoms with Gasteiger partial charge in [0.1, 0.15) is 5.69 Å². The topological polar surface area (TPSA) is 123 Å². The van der Waals surface area contributed by atoms with E-state index in [1.54, 1.807) is 30.9 Å². The molecular weight excluding hydrogens is 396 g/mol. The number of carbonyl (C=O) groups excluding carboxylic acids is 1. The van der Waals surface area contributed by atoms with Crippen molar-refractivity contribution in [2.75, 3.05) is 6.54 Å². The van der Waals surface area contributed by atoms with Crippen molar-refractivity contribution < 1.29 is 14.7 Å². The van der Waals surface area contributed by atoms with E-state index in [0.29, 0.717) is 35.6 Å². The van der Waals surface area contributed by atoms with Gasteiger partial charge in [0.2, 0.25) is 0 Å². The third kappa shape index (κ3) is 4.45. The average Bonchev–Trinajstić information content (AvgIpc) is 3.25. The number of hydrogen-bond acceptors (Lipinski definition) is 6. The molecule has 2 N–H and O–H groups in total. The van der Waals surface area contributed by atoms with Crippen LogP contribution in [0.15, 0.2) is 49.1 Å². The third-order valence-electron chi connectivity index (χ3n) is 5.84. The summed E-state index contributed by atoms with van der Waals surface area (Å²) in [4.78, 5) is 32.6. The first-order chi connectivity index (χ1) is 15.1. The molecular formula is C22H24N6O3. The van der Waals surface area contributed by atoms with Gasteiger partial charge in [-0.05, 0) is 43.9 Å². The van der Waals surface area contributed by atoms with Crippen LogP contribution in [0.1, 0.15) is 48.9 Å². The van der Waals surface area contributed by atoms with Gasteiger partial charge in [-0.2, -0.15) is 0 Å². The van der Waals surface area contributed by atoms with E-state index >= 15 is 0 Å². The summed E-state index contributed by atoms with van der Waals surface area (Å²) in [6.07, 6.45) is 11.2. The number of carboxylic acid groups (broad SMARTS) is 1. The van der Waals surface area contributed by atoms with Gasteiger partial charge in [0.25, 0.3) is 5.91 Å². The minimum Gasteiger partial charge on any atom is -0.481 e. The molecule has 3 heterocycles. The Morgan fingerprint density at radius 3 is 2.71 bits per heavy atom. The molecule has 9 heteroatoms. The zero-order valence-electron chi connectivity index (χ0n) is 17.1. The second-order valence-corrected chi connectivity index (χ2v) is 7.81. The number of rotatable bonds is 9. The monoisotopic (exact) mass is 420 g/mol. The summed E-state index contributed by atoms with van der Waals surface area (Å²) in [7, 11) is 0. The Morgan fingerprint density at radius 1 is 1.13 bits per heavy atom. The average molecular weight is 420 g/mol. The summed E-state index contributed by atoms with van der Waals surface area (Å²) in [6, 6.07) is 7.17. The van der Waals surface area contributed by atoms with Gasteiger partial charge in [0, 0.05) is 18.9 Å². The van der Waals surface area contributed by atoms with Gasteiger partial charge in [-0.1, -0.05) is 24.1 Å². The molecule has 9 nitrogen and oxygen atoms in total. The Morgan fingerprint density at radius 2 is 2.00 bits per heavy atom. The molecule has 1 aliphatic carbocycles. The van der Waals surface area contributed by atoms with E-state index < -0.39 is 11.4 Å². The van der Waals surface area contributed by atoms with E-state index in [4.69, 9.17) is 0 Å². The van der Waals surface area contributed by atoms with Crippen LogP contribution >= 0.6 is 0 Å². The predicted molar refractivity (Wildman–Crippen MR) is 112 cm³/mol. The lowest BCUT2D eigenvalue weighted by Gasteiger charge is -2.37. The van der Waals surface area contributed by atoms with E-state index in [1.165, 1.54) is 4.68 Å². The Kier molecular flexibility index (Phi) is 6.01. The molecule has 0 spiro atoms. The number of hydrogen-bond donors (Lipinski definition) is 2. The van der Waals surface area contributed by atoms with Crippen LogP contribution in [0.4, 0.5) is 0 Å². The van der Waals surface area contributed by atoms with Crippen molar-refractivity contribution in [2.24, 2.45) is 5.41 Å². The van der Waals surface area contributed by atoms with Gasteiger partial charge >= 0.3 is 5.97 Å². The molecule has 0 radical (unpaired) electrons. The Hall–Kier alpha value is -3.62. The van der Waals surface area contributed by atoms with Crippen LogP contribution in [0.2, 0.25) is 0 Å². The molecule has 3 aromatic rings. The molecule has 3 aromatic heterocycles. The van der Waals surface area contributed by atoms with Gasteiger partial charge in [0.15, 0.2) is 0 Å².